The van der Waals surface area contributed by atoms with Gasteiger partial charge in [-0.2, -0.15) is 0 Å². The van der Waals surface area contributed by atoms with Gasteiger partial charge < -0.3 is 14.8 Å². The SMILES string of the molecule is COc1ccccc1Cc1ncc(CO)c(=O)[nH]1. The minimum atomic E-state index is -0.308. The fourth-order valence-electron chi connectivity index (χ4n) is 1.69. The highest BCUT2D eigenvalue weighted by atomic mass is 16.5. The van der Waals surface area contributed by atoms with Crippen LogP contribution in [0.1, 0.15) is 17.0 Å². The molecule has 0 saturated heterocycles. The predicted molar refractivity (Wildman–Crippen MR) is 66.6 cm³/mol. The number of ether oxygens (including phenoxy) is 1. The van der Waals surface area contributed by atoms with Gasteiger partial charge in [0.2, 0.25) is 0 Å². The van der Waals surface area contributed by atoms with Gasteiger partial charge in [0.15, 0.2) is 0 Å². The number of nitrogens with one attached hydrogen (secondary N) is 1. The Hall–Kier alpha value is -2.14. The Labute approximate surface area is 104 Å². The first-order valence-electron chi connectivity index (χ1n) is 5.54. The zero-order valence-electron chi connectivity index (χ0n) is 10.0. The van der Waals surface area contributed by atoms with Crippen LogP contribution in [0.5, 0.6) is 5.75 Å². The number of hydrogen-bond donors (Lipinski definition) is 2. The Bertz CT molecular complexity index is 593. The molecule has 2 rings (SSSR count). The summed E-state index contributed by atoms with van der Waals surface area (Å²) in [5, 5.41) is 8.90. The van der Waals surface area contributed by atoms with Crippen LogP contribution in [0.25, 0.3) is 0 Å². The summed E-state index contributed by atoms with van der Waals surface area (Å²) in [6, 6.07) is 7.56. The van der Waals surface area contributed by atoms with E-state index in [-0.39, 0.29) is 17.7 Å². The highest BCUT2D eigenvalue weighted by molar-refractivity contribution is 5.35. The van der Waals surface area contributed by atoms with Gasteiger partial charge in [-0.3, -0.25) is 4.79 Å². The van der Waals surface area contributed by atoms with Crippen LogP contribution in [0.15, 0.2) is 35.3 Å². The molecule has 0 aliphatic carbocycles. The number of nitrogens with zero attached hydrogens (tertiary/aromatic N) is 1. The standard InChI is InChI=1S/C13H14N2O3/c1-18-11-5-3-2-4-9(11)6-12-14-7-10(8-16)13(17)15-12/h2-5,7,16H,6,8H2,1H3,(H,14,15,17). The lowest BCUT2D eigenvalue weighted by Gasteiger charge is -2.07. The number of aromatic nitrogens is 2. The van der Waals surface area contributed by atoms with Crippen molar-refractivity contribution in [1.29, 1.82) is 0 Å². The number of para-hydroxylation sites is 1. The Morgan fingerprint density at radius 2 is 2.11 bits per heavy atom. The molecule has 0 unspecified atom stereocenters. The molecule has 0 fully saturated rings. The van der Waals surface area contributed by atoms with Crippen molar-refractivity contribution in [2.24, 2.45) is 0 Å². The van der Waals surface area contributed by atoms with Crippen molar-refractivity contribution in [3.8, 4) is 5.75 Å². The molecule has 0 spiro atoms. The molecule has 2 N–H and O–H groups in total. The first-order valence-corrected chi connectivity index (χ1v) is 5.54. The van der Waals surface area contributed by atoms with Crippen molar-refractivity contribution in [3.05, 3.63) is 57.8 Å². The Morgan fingerprint density at radius 3 is 2.78 bits per heavy atom. The number of aliphatic hydroxyl groups is 1. The minimum absolute atomic E-state index is 0.263. The first-order chi connectivity index (χ1) is 8.74. The number of benzene rings is 1. The van der Waals surface area contributed by atoms with Crippen LogP contribution in [0.2, 0.25) is 0 Å². The monoisotopic (exact) mass is 246 g/mol. The average Bonchev–Trinajstić information content (AvgIpc) is 2.39. The summed E-state index contributed by atoms with van der Waals surface area (Å²) >= 11 is 0. The third-order valence-corrected chi connectivity index (χ3v) is 2.65. The van der Waals surface area contributed by atoms with E-state index in [4.69, 9.17) is 9.84 Å². The van der Waals surface area contributed by atoms with Crippen molar-refractivity contribution in [2.45, 2.75) is 13.0 Å². The Kier molecular flexibility index (Phi) is 3.74. The van der Waals surface area contributed by atoms with Crippen LogP contribution < -0.4 is 10.3 Å². The molecule has 0 bridgehead atoms. The summed E-state index contributed by atoms with van der Waals surface area (Å²) in [7, 11) is 1.60. The van der Waals surface area contributed by atoms with Crippen molar-refractivity contribution < 1.29 is 9.84 Å². The van der Waals surface area contributed by atoms with E-state index < -0.39 is 0 Å². The van der Waals surface area contributed by atoms with Gasteiger partial charge in [0, 0.05) is 18.2 Å². The highest BCUT2D eigenvalue weighted by Gasteiger charge is 2.06. The zero-order chi connectivity index (χ0) is 13.0. The summed E-state index contributed by atoms with van der Waals surface area (Å²) in [5.74, 6) is 1.30. The molecule has 1 aromatic carbocycles. The molecule has 94 valence electrons. The van der Waals surface area contributed by atoms with Gasteiger partial charge in [0.1, 0.15) is 11.6 Å². The second-order valence-corrected chi connectivity index (χ2v) is 3.83. The number of H-pyrrole nitrogens is 1. The molecular weight excluding hydrogens is 232 g/mol. The third-order valence-electron chi connectivity index (χ3n) is 2.65. The first kappa shape index (κ1) is 12.3. The lowest BCUT2D eigenvalue weighted by Crippen LogP contribution is -2.16. The molecule has 0 saturated carbocycles. The molecule has 18 heavy (non-hydrogen) atoms. The number of aromatic amines is 1. The molecule has 5 heteroatoms. The smallest absolute Gasteiger partial charge is 0.256 e. The van der Waals surface area contributed by atoms with Gasteiger partial charge in [-0.15, -0.1) is 0 Å². The van der Waals surface area contributed by atoms with Gasteiger partial charge in [0.05, 0.1) is 19.3 Å². The van der Waals surface area contributed by atoms with E-state index in [2.05, 4.69) is 9.97 Å². The largest absolute Gasteiger partial charge is 0.496 e. The van der Waals surface area contributed by atoms with Crippen molar-refractivity contribution in [3.63, 3.8) is 0 Å². The second kappa shape index (κ2) is 5.46. The number of methoxy groups -OCH3 is 1. The highest BCUT2D eigenvalue weighted by Crippen LogP contribution is 2.19. The normalized spacial score (nSPS) is 10.3. The van der Waals surface area contributed by atoms with Crippen LogP contribution in [0.4, 0.5) is 0 Å². The van der Waals surface area contributed by atoms with E-state index in [9.17, 15) is 4.79 Å². The van der Waals surface area contributed by atoms with Gasteiger partial charge in [-0.25, -0.2) is 4.98 Å². The predicted octanol–water partition coefficient (Wildman–Crippen LogP) is 0.862. The van der Waals surface area contributed by atoms with E-state index >= 15 is 0 Å². The van der Waals surface area contributed by atoms with Gasteiger partial charge in [-0.05, 0) is 6.07 Å². The van der Waals surface area contributed by atoms with Crippen LogP contribution >= 0.6 is 0 Å². The lowest BCUT2D eigenvalue weighted by atomic mass is 10.1. The molecule has 0 atom stereocenters. The maximum atomic E-state index is 11.5. The molecule has 0 aliphatic rings. The van der Waals surface area contributed by atoms with Crippen molar-refractivity contribution in [2.75, 3.05) is 7.11 Å². The van der Waals surface area contributed by atoms with Crippen LogP contribution in [0.3, 0.4) is 0 Å². The summed E-state index contributed by atoms with van der Waals surface area (Å²) in [4.78, 5) is 18.3. The van der Waals surface area contributed by atoms with E-state index in [1.54, 1.807) is 7.11 Å². The Balaban J connectivity index is 2.29. The van der Waals surface area contributed by atoms with Gasteiger partial charge >= 0.3 is 0 Å². The maximum absolute atomic E-state index is 11.5. The molecule has 0 aliphatic heterocycles. The van der Waals surface area contributed by atoms with E-state index in [1.807, 2.05) is 24.3 Å². The van der Waals surface area contributed by atoms with Crippen molar-refractivity contribution in [1.82, 2.24) is 9.97 Å². The van der Waals surface area contributed by atoms with Gasteiger partial charge in [-0.1, -0.05) is 18.2 Å². The topological polar surface area (TPSA) is 75.2 Å². The summed E-state index contributed by atoms with van der Waals surface area (Å²) in [5.41, 5.74) is 0.899. The Morgan fingerprint density at radius 1 is 1.33 bits per heavy atom. The minimum Gasteiger partial charge on any atom is -0.496 e. The molecule has 0 radical (unpaired) electrons. The van der Waals surface area contributed by atoms with Crippen LogP contribution in [-0.2, 0) is 13.0 Å². The molecular formula is C13H14N2O3. The fourth-order valence-corrected chi connectivity index (χ4v) is 1.69. The van der Waals surface area contributed by atoms with Gasteiger partial charge in [0.25, 0.3) is 5.56 Å². The summed E-state index contributed by atoms with van der Waals surface area (Å²) in [6.45, 7) is -0.308. The molecule has 5 nitrogen and oxygen atoms in total. The maximum Gasteiger partial charge on any atom is 0.256 e. The average molecular weight is 246 g/mol. The van der Waals surface area contributed by atoms with Crippen molar-refractivity contribution >= 4 is 0 Å². The van der Waals surface area contributed by atoms with E-state index in [0.29, 0.717) is 12.2 Å². The lowest BCUT2D eigenvalue weighted by molar-refractivity contribution is 0.279. The van der Waals surface area contributed by atoms with E-state index in [1.165, 1.54) is 6.20 Å². The number of aliphatic hydroxyl groups excluding tert-OH is 1. The third kappa shape index (κ3) is 2.57. The molecule has 0 amide bonds. The molecule has 1 aromatic heterocycles. The summed E-state index contributed by atoms with van der Waals surface area (Å²) in [6.07, 6.45) is 1.87. The van der Waals surface area contributed by atoms with E-state index in [0.717, 1.165) is 11.3 Å². The van der Waals surface area contributed by atoms with Crippen LogP contribution in [-0.4, -0.2) is 22.2 Å². The number of hydrogen-bond acceptors (Lipinski definition) is 4. The molecule has 2 aromatic rings. The second-order valence-electron chi connectivity index (χ2n) is 3.83. The molecule has 1 heterocycles. The van der Waals surface area contributed by atoms with Crippen LogP contribution in [0, 0.1) is 0 Å². The summed E-state index contributed by atoms with van der Waals surface area (Å²) < 4.78 is 5.23. The number of rotatable bonds is 4. The fraction of sp³-hybridized carbons (Fsp3) is 0.231. The quantitative estimate of drug-likeness (QED) is 0.839. The zero-order valence-corrected chi connectivity index (χ0v) is 10.0.